The molecule has 2 aromatic rings. The molecular weight excluding hydrogens is 237 g/mol. The van der Waals surface area contributed by atoms with Crippen LogP contribution in [0.1, 0.15) is 11.1 Å². The van der Waals surface area contributed by atoms with Gasteiger partial charge in [-0.05, 0) is 17.7 Å². The van der Waals surface area contributed by atoms with E-state index in [2.05, 4.69) is 4.99 Å². The molecule has 0 spiro atoms. The number of nitrogens with zero attached hydrogens (tertiary/aromatic N) is 1. The van der Waals surface area contributed by atoms with E-state index in [1.54, 1.807) is 12.1 Å². The van der Waals surface area contributed by atoms with Crippen molar-refractivity contribution in [3.8, 4) is 0 Å². The van der Waals surface area contributed by atoms with Crippen LogP contribution in [0.5, 0.6) is 0 Å². The zero-order valence-electron chi connectivity index (χ0n) is 9.11. The van der Waals surface area contributed by atoms with Gasteiger partial charge in [0.2, 0.25) is 0 Å². The molecule has 17 heavy (non-hydrogen) atoms. The predicted molar refractivity (Wildman–Crippen MR) is 68.9 cm³/mol. The number of aliphatic imine (C=N–C) groups is 1. The van der Waals surface area contributed by atoms with Crippen molar-refractivity contribution in [2.24, 2.45) is 4.99 Å². The van der Waals surface area contributed by atoms with Crippen molar-refractivity contribution >= 4 is 16.8 Å². The highest BCUT2D eigenvalue weighted by Gasteiger charge is 2.00. The van der Waals surface area contributed by atoms with Gasteiger partial charge in [0, 0.05) is 5.56 Å². The Morgan fingerprint density at radius 3 is 2.53 bits per heavy atom. The molecule has 0 atom stereocenters. The van der Waals surface area contributed by atoms with Crippen molar-refractivity contribution < 1.29 is 4.39 Å². The van der Waals surface area contributed by atoms with Crippen molar-refractivity contribution in [1.29, 1.82) is 0 Å². The fourth-order valence-electron chi connectivity index (χ4n) is 1.45. The van der Waals surface area contributed by atoms with Gasteiger partial charge in [0.25, 0.3) is 0 Å². The third-order valence-electron chi connectivity index (χ3n) is 2.31. The second kappa shape index (κ2) is 5.60. The van der Waals surface area contributed by atoms with Crippen molar-refractivity contribution in [2.75, 3.05) is 0 Å². The second-order valence-corrected chi connectivity index (χ2v) is 3.96. The molecule has 2 aromatic carbocycles. The van der Waals surface area contributed by atoms with Crippen molar-refractivity contribution in [1.82, 2.24) is 0 Å². The maximum absolute atomic E-state index is 13.0. The van der Waals surface area contributed by atoms with E-state index in [4.69, 9.17) is 11.6 Å². The molecule has 0 aliphatic rings. The lowest BCUT2D eigenvalue weighted by atomic mass is 10.2. The molecule has 3 heteroatoms. The summed E-state index contributed by atoms with van der Waals surface area (Å²) in [4.78, 5) is 4.22. The summed E-state index contributed by atoms with van der Waals surface area (Å²) < 4.78 is 13.0. The van der Waals surface area contributed by atoms with Crippen LogP contribution in [0.2, 0.25) is 0 Å². The van der Waals surface area contributed by atoms with E-state index in [9.17, 15) is 4.39 Å². The minimum Gasteiger partial charge on any atom is -0.268 e. The van der Waals surface area contributed by atoms with Gasteiger partial charge in [0.1, 0.15) is 11.0 Å². The lowest BCUT2D eigenvalue weighted by Crippen LogP contribution is -1.93. The Morgan fingerprint density at radius 2 is 1.82 bits per heavy atom. The molecule has 0 saturated carbocycles. The highest BCUT2D eigenvalue weighted by Crippen LogP contribution is 2.09. The first-order valence-electron chi connectivity index (χ1n) is 5.25. The maximum Gasteiger partial charge on any atom is 0.131 e. The number of hydrogen-bond donors (Lipinski definition) is 0. The zero-order chi connectivity index (χ0) is 12.1. The lowest BCUT2D eigenvalue weighted by molar-refractivity contribution is 0.627. The van der Waals surface area contributed by atoms with Crippen LogP contribution < -0.4 is 0 Å². The Bertz CT molecular complexity index is 523. The normalized spacial score (nSPS) is 11.5. The maximum atomic E-state index is 13.0. The van der Waals surface area contributed by atoms with Crippen molar-refractivity contribution in [3.05, 3.63) is 71.5 Å². The monoisotopic (exact) mass is 247 g/mol. The molecule has 86 valence electrons. The molecule has 0 aliphatic carbocycles. The number of halogens is 2. The fraction of sp³-hybridized carbons (Fsp3) is 0.0714. The third-order valence-corrected chi connectivity index (χ3v) is 2.64. The largest absolute Gasteiger partial charge is 0.268 e. The van der Waals surface area contributed by atoms with Gasteiger partial charge in [-0.2, -0.15) is 0 Å². The molecule has 0 unspecified atom stereocenters. The minimum atomic E-state index is -0.310. The fourth-order valence-corrected chi connectivity index (χ4v) is 1.63. The average molecular weight is 248 g/mol. The smallest absolute Gasteiger partial charge is 0.131 e. The van der Waals surface area contributed by atoms with Crippen LogP contribution in [0.15, 0.2) is 59.6 Å². The molecule has 0 N–H and O–H groups in total. The van der Waals surface area contributed by atoms with Gasteiger partial charge in [-0.1, -0.05) is 54.1 Å². The zero-order valence-corrected chi connectivity index (χ0v) is 9.86. The highest BCUT2D eigenvalue weighted by molar-refractivity contribution is 6.69. The van der Waals surface area contributed by atoms with Crippen molar-refractivity contribution in [2.45, 2.75) is 6.54 Å². The summed E-state index contributed by atoms with van der Waals surface area (Å²) in [5, 5.41) is 0.327. The molecule has 0 saturated heterocycles. The minimum absolute atomic E-state index is 0.310. The summed E-state index contributed by atoms with van der Waals surface area (Å²) in [6, 6.07) is 15.9. The van der Waals surface area contributed by atoms with Crippen LogP contribution >= 0.6 is 11.6 Å². The van der Waals surface area contributed by atoms with E-state index in [1.807, 2.05) is 30.3 Å². The number of benzene rings is 2. The lowest BCUT2D eigenvalue weighted by Gasteiger charge is -2.00. The number of rotatable bonds is 3. The molecule has 0 amide bonds. The van der Waals surface area contributed by atoms with Gasteiger partial charge in [0.05, 0.1) is 6.54 Å². The third kappa shape index (κ3) is 3.40. The Hall–Kier alpha value is -1.67. The second-order valence-electron chi connectivity index (χ2n) is 3.60. The van der Waals surface area contributed by atoms with E-state index in [1.165, 1.54) is 12.1 Å². The van der Waals surface area contributed by atoms with E-state index in [0.717, 1.165) is 5.56 Å². The van der Waals surface area contributed by atoms with Crippen LogP contribution in [0, 0.1) is 5.82 Å². The van der Waals surface area contributed by atoms with E-state index in [0.29, 0.717) is 17.3 Å². The topological polar surface area (TPSA) is 12.4 Å². The molecular formula is C14H11ClFN. The van der Waals surface area contributed by atoms with E-state index >= 15 is 0 Å². The first-order chi connectivity index (χ1) is 8.25. The molecule has 0 radical (unpaired) electrons. The van der Waals surface area contributed by atoms with E-state index < -0.39 is 0 Å². The number of hydrogen-bond acceptors (Lipinski definition) is 1. The summed E-state index contributed by atoms with van der Waals surface area (Å²) >= 11 is 6.01. The summed E-state index contributed by atoms with van der Waals surface area (Å²) in [6.07, 6.45) is 0. The molecule has 0 fully saturated rings. The van der Waals surface area contributed by atoms with Gasteiger partial charge < -0.3 is 0 Å². The van der Waals surface area contributed by atoms with Crippen LogP contribution in [0.3, 0.4) is 0 Å². The summed E-state index contributed by atoms with van der Waals surface area (Å²) in [7, 11) is 0. The molecule has 0 aromatic heterocycles. The van der Waals surface area contributed by atoms with Gasteiger partial charge in [0.15, 0.2) is 0 Å². The summed E-state index contributed by atoms with van der Waals surface area (Å²) in [5.41, 5.74) is 1.67. The van der Waals surface area contributed by atoms with Gasteiger partial charge >= 0.3 is 0 Å². The Balaban J connectivity index is 2.12. The van der Waals surface area contributed by atoms with Gasteiger partial charge in [-0.15, -0.1) is 0 Å². The predicted octanol–water partition coefficient (Wildman–Crippen LogP) is 4.01. The Kier molecular flexibility index (Phi) is 3.89. The van der Waals surface area contributed by atoms with Crippen LogP contribution in [0.4, 0.5) is 4.39 Å². The first-order valence-corrected chi connectivity index (χ1v) is 5.63. The van der Waals surface area contributed by atoms with Crippen LogP contribution in [-0.2, 0) is 6.54 Å². The summed E-state index contributed by atoms with van der Waals surface area (Å²) in [5.74, 6) is -0.310. The molecule has 0 heterocycles. The first kappa shape index (κ1) is 11.8. The van der Waals surface area contributed by atoms with Crippen LogP contribution in [-0.4, -0.2) is 5.17 Å². The molecule has 0 aliphatic heterocycles. The van der Waals surface area contributed by atoms with Crippen molar-refractivity contribution in [3.63, 3.8) is 0 Å². The highest BCUT2D eigenvalue weighted by atomic mass is 35.5. The standard InChI is InChI=1S/C14H11ClFN/c15-14(12-7-4-8-13(16)9-12)17-10-11-5-2-1-3-6-11/h1-9H,10H2. The molecule has 2 rings (SSSR count). The quantitative estimate of drug-likeness (QED) is 0.727. The van der Waals surface area contributed by atoms with E-state index in [-0.39, 0.29) is 5.82 Å². The Morgan fingerprint density at radius 1 is 1.06 bits per heavy atom. The SMILES string of the molecule is Fc1cccc(C(Cl)=NCc2ccccc2)c1. The average Bonchev–Trinajstić information content (AvgIpc) is 2.37. The van der Waals surface area contributed by atoms with Gasteiger partial charge in [-0.3, -0.25) is 4.99 Å². The van der Waals surface area contributed by atoms with Gasteiger partial charge in [-0.25, -0.2) is 4.39 Å². The summed E-state index contributed by atoms with van der Waals surface area (Å²) in [6.45, 7) is 0.496. The van der Waals surface area contributed by atoms with Crippen LogP contribution in [0.25, 0.3) is 0 Å². The molecule has 0 bridgehead atoms. The Labute approximate surface area is 105 Å². The molecule has 1 nitrogen and oxygen atoms in total.